The SMILES string of the molecule is COC(=O)C1(C(=O)OC)CC2=Cc3ccccc3C(C)(C)CC2=C(C(C)(C)C)C1. The molecule has 0 unspecified atom stereocenters. The lowest BCUT2D eigenvalue weighted by Crippen LogP contribution is -2.45. The highest BCUT2D eigenvalue weighted by molar-refractivity contribution is 6.01. The first-order valence-corrected chi connectivity index (χ1v) is 10.2. The van der Waals surface area contributed by atoms with E-state index in [1.54, 1.807) is 0 Å². The second-order valence-corrected chi connectivity index (χ2v) is 9.94. The van der Waals surface area contributed by atoms with E-state index in [0.29, 0.717) is 12.8 Å². The second-order valence-electron chi connectivity index (χ2n) is 9.94. The van der Waals surface area contributed by atoms with Crippen LogP contribution in [0.2, 0.25) is 0 Å². The van der Waals surface area contributed by atoms with E-state index >= 15 is 0 Å². The highest BCUT2D eigenvalue weighted by Crippen LogP contribution is 2.54. The van der Waals surface area contributed by atoms with Gasteiger partial charge in [0.25, 0.3) is 0 Å². The standard InChI is InChI=1S/C25H32O4/c1-23(2,3)20-15-25(21(26)28-6,22(27)29-7)13-17-12-16-10-8-9-11-19(16)24(4,5)14-18(17)20/h8-12H,13-15H2,1-7H3. The van der Waals surface area contributed by atoms with Crippen LogP contribution in [0.3, 0.4) is 0 Å². The van der Waals surface area contributed by atoms with Crippen LogP contribution in [-0.2, 0) is 24.5 Å². The van der Waals surface area contributed by atoms with Gasteiger partial charge in [-0.3, -0.25) is 9.59 Å². The molecule has 0 bridgehead atoms. The van der Waals surface area contributed by atoms with Gasteiger partial charge in [0.15, 0.2) is 5.41 Å². The molecule has 2 aliphatic rings. The lowest BCUT2D eigenvalue weighted by Gasteiger charge is -2.41. The van der Waals surface area contributed by atoms with Gasteiger partial charge in [0.05, 0.1) is 14.2 Å². The number of carbonyl (C=O) groups is 2. The Morgan fingerprint density at radius 3 is 2.07 bits per heavy atom. The number of fused-ring (bicyclic) bond motifs is 2. The van der Waals surface area contributed by atoms with E-state index in [1.165, 1.54) is 25.4 Å². The van der Waals surface area contributed by atoms with Crippen LogP contribution < -0.4 is 0 Å². The third-order valence-corrected chi connectivity index (χ3v) is 6.42. The zero-order chi connectivity index (χ0) is 21.6. The van der Waals surface area contributed by atoms with E-state index in [2.05, 4.69) is 58.9 Å². The molecule has 3 rings (SSSR count). The smallest absolute Gasteiger partial charge is 0.323 e. The van der Waals surface area contributed by atoms with Crippen molar-refractivity contribution in [2.45, 2.75) is 59.3 Å². The summed E-state index contributed by atoms with van der Waals surface area (Å²) in [5, 5.41) is 0. The van der Waals surface area contributed by atoms with Crippen LogP contribution >= 0.6 is 0 Å². The maximum absolute atomic E-state index is 12.9. The summed E-state index contributed by atoms with van der Waals surface area (Å²) in [6, 6.07) is 8.38. The first kappa shape index (κ1) is 21.4. The molecule has 0 fully saturated rings. The number of allylic oxidation sites excluding steroid dienone is 3. The summed E-state index contributed by atoms with van der Waals surface area (Å²) in [5.41, 5.74) is 4.26. The second kappa shape index (κ2) is 7.16. The molecular weight excluding hydrogens is 364 g/mol. The minimum absolute atomic E-state index is 0.0583. The molecule has 2 aliphatic carbocycles. The molecule has 4 nitrogen and oxygen atoms in total. The Bertz CT molecular complexity index is 893. The van der Waals surface area contributed by atoms with E-state index in [9.17, 15) is 9.59 Å². The molecule has 0 spiro atoms. The van der Waals surface area contributed by atoms with E-state index in [0.717, 1.165) is 23.1 Å². The molecule has 0 aromatic heterocycles. The molecule has 1 aromatic carbocycles. The van der Waals surface area contributed by atoms with Gasteiger partial charge < -0.3 is 9.47 Å². The van der Waals surface area contributed by atoms with Crippen molar-refractivity contribution in [3.05, 3.63) is 52.1 Å². The van der Waals surface area contributed by atoms with E-state index in [1.807, 2.05) is 6.07 Å². The summed E-state index contributed by atoms with van der Waals surface area (Å²) in [5.74, 6) is -1.05. The first-order chi connectivity index (χ1) is 13.5. The molecule has 1 aromatic rings. The van der Waals surface area contributed by atoms with Gasteiger partial charge in [0.2, 0.25) is 0 Å². The van der Waals surface area contributed by atoms with Crippen molar-refractivity contribution in [1.29, 1.82) is 0 Å². The van der Waals surface area contributed by atoms with Crippen LogP contribution in [0.25, 0.3) is 6.08 Å². The third kappa shape index (κ3) is 3.54. The van der Waals surface area contributed by atoms with Crippen LogP contribution in [0, 0.1) is 10.8 Å². The number of hydrogen-bond donors (Lipinski definition) is 0. The fraction of sp³-hybridized carbons (Fsp3) is 0.520. The van der Waals surface area contributed by atoms with E-state index in [4.69, 9.17) is 9.47 Å². The summed E-state index contributed by atoms with van der Waals surface area (Å²) in [7, 11) is 2.67. The van der Waals surface area contributed by atoms with Gasteiger partial charge in [0.1, 0.15) is 0 Å². The molecule has 29 heavy (non-hydrogen) atoms. The number of methoxy groups -OCH3 is 2. The monoisotopic (exact) mass is 396 g/mol. The Kier molecular flexibility index (Phi) is 5.27. The maximum Gasteiger partial charge on any atom is 0.323 e. The van der Waals surface area contributed by atoms with Crippen LogP contribution in [0.4, 0.5) is 0 Å². The Morgan fingerprint density at radius 1 is 0.931 bits per heavy atom. The van der Waals surface area contributed by atoms with Gasteiger partial charge in [-0.2, -0.15) is 0 Å². The zero-order valence-electron chi connectivity index (χ0n) is 18.6. The van der Waals surface area contributed by atoms with Crippen molar-refractivity contribution >= 4 is 18.0 Å². The lowest BCUT2D eigenvalue weighted by molar-refractivity contribution is -0.169. The highest BCUT2D eigenvalue weighted by atomic mass is 16.5. The van der Waals surface area contributed by atoms with Gasteiger partial charge in [-0.1, -0.05) is 70.5 Å². The molecule has 0 aliphatic heterocycles. The predicted octanol–water partition coefficient (Wildman–Crippen LogP) is 5.22. The maximum atomic E-state index is 12.9. The summed E-state index contributed by atoms with van der Waals surface area (Å²) in [6.45, 7) is 10.9. The summed E-state index contributed by atoms with van der Waals surface area (Å²) < 4.78 is 10.2. The Balaban J connectivity index is 2.32. The third-order valence-electron chi connectivity index (χ3n) is 6.42. The summed E-state index contributed by atoms with van der Waals surface area (Å²) in [6.07, 6.45) is 3.65. The molecule has 0 heterocycles. The van der Waals surface area contributed by atoms with Gasteiger partial charge in [0, 0.05) is 0 Å². The van der Waals surface area contributed by atoms with Crippen molar-refractivity contribution in [1.82, 2.24) is 0 Å². The number of esters is 2. The molecule has 0 saturated heterocycles. The molecule has 0 atom stereocenters. The lowest BCUT2D eigenvalue weighted by atomic mass is 9.62. The quantitative estimate of drug-likeness (QED) is 0.508. The van der Waals surface area contributed by atoms with Crippen LogP contribution in [-0.4, -0.2) is 26.2 Å². The molecule has 156 valence electrons. The number of hydrogen-bond acceptors (Lipinski definition) is 4. The fourth-order valence-corrected chi connectivity index (χ4v) is 4.90. The van der Waals surface area contributed by atoms with E-state index < -0.39 is 17.4 Å². The van der Waals surface area contributed by atoms with E-state index in [-0.39, 0.29) is 10.8 Å². The molecule has 0 saturated carbocycles. The number of carbonyl (C=O) groups excluding carboxylic acids is 2. The number of benzene rings is 1. The minimum atomic E-state index is -1.34. The minimum Gasteiger partial charge on any atom is -0.468 e. The zero-order valence-corrected chi connectivity index (χ0v) is 18.6. The van der Waals surface area contributed by atoms with Crippen LogP contribution in [0.5, 0.6) is 0 Å². The normalized spacial score (nSPS) is 20.0. The van der Waals surface area contributed by atoms with Crippen molar-refractivity contribution in [2.75, 3.05) is 14.2 Å². The topological polar surface area (TPSA) is 52.6 Å². The van der Waals surface area contributed by atoms with Gasteiger partial charge in [-0.25, -0.2) is 0 Å². The van der Waals surface area contributed by atoms with Crippen molar-refractivity contribution < 1.29 is 19.1 Å². The molecule has 0 amide bonds. The van der Waals surface area contributed by atoms with Gasteiger partial charge in [-0.05, 0) is 52.4 Å². The first-order valence-electron chi connectivity index (χ1n) is 10.2. The largest absolute Gasteiger partial charge is 0.468 e. The highest BCUT2D eigenvalue weighted by Gasteiger charge is 2.54. The average Bonchev–Trinajstić information content (AvgIpc) is 2.77. The summed E-state index contributed by atoms with van der Waals surface area (Å²) in [4.78, 5) is 25.8. The molecular formula is C25H32O4. The van der Waals surface area contributed by atoms with Crippen molar-refractivity contribution in [2.24, 2.45) is 10.8 Å². The van der Waals surface area contributed by atoms with Gasteiger partial charge >= 0.3 is 11.9 Å². The Hall–Kier alpha value is -2.36. The molecule has 0 radical (unpaired) electrons. The fourth-order valence-electron chi connectivity index (χ4n) is 4.90. The average molecular weight is 397 g/mol. The molecule has 4 heteroatoms. The Morgan fingerprint density at radius 2 is 1.52 bits per heavy atom. The van der Waals surface area contributed by atoms with Gasteiger partial charge in [-0.15, -0.1) is 0 Å². The Labute approximate surface area is 174 Å². The number of ether oxygens (including phenoxy) is 2. The molecule has 0 N–H and O–H groups in total. The number of rotatable bonds is 2. The summed E-state index contributed by atoms with van der Waals surface area (Å²) >= 11 is 0. The van der Waals surface area contributed by atoms with Crippen molar-refractivity contribution in [3.8, 4) is 0 Å². The van der Waals surface area contributed by atoms with Crippen LogP contribution in [0.1, 0.15) is 65.0 Å². The van der Waals surface area contributed by atoms with Crippen LogP contribution in [0.15, 0.2) is 41.0 Å². The predicted molar refractivity (Wildman–Crippen MR) is 114 cm³/mol. The van der Waals surface area contributed by atoms with Crippen molar-refractivity contribution in [3.63, 3.8) is 0 Å².